The van der Waals surface area contributed by atoms with Gasteiger partial charge in [-0.05, 0) is 19.8 Å². The SMILES string of the molecule is C[C@@H]1OCC/C=C\C[C@H]1I. The van der Waals surface area contributed by atoms with Crippen molar-refractivity contribution in [2.75, 3.05) is 6.61 Å². The summed E-state index contributed by atoms with van der Waals surface area (Å²) < 4.78 is 6.18. The standard InChI is InChI=1S/C8H13IO/c1-7-8(9)5-3-2-4-6-10-7/h2-3,7-8H,4-6H2,1H3/b3-2-/t7-,8+/m0/s1. The minimum absolute atomic E-state index is 0.422. The average molecular weight is 252 g/mol. The Morgan fingerprint density at radius 2 is 2.30 bits per heavy atom. The van der Waals surface area contributed by atoms with E-state index in [9.17, 15) is 0 Å². The van der Waals surface area contributed by atoms with Gasteiger partial charge in [-0.3, -0.25) is 0 Å². The number of halogens is 1. The lowest BCUT2D eigenvalue weighted by Crippen LogP contribution is -2.21. The molecule has 1 rings (SSSR count). The molecule has 0 saturated heterocycles. The summed E-state index contributed by atoms with van der Waals surface area (Å²) in [7, 11) is 0. The summed E-state index contributed by atoms with van der Waals surface area (Å²) in [4.78, 5) is 0. The monoisotopic (exact) mass is 252 g/mol. The number of alkyl halides is 1. The summed E-state index contributed by atoms with van der Waals surface area (Å²) in [5.41, 5.74) is 0. The third kappa shape index (κ3) is 2.58. The second kappa shape index (κ2) is 4.34. The van der Waals surface area contributed by atoms with Crippen LogP contribution >= 0.6 is 22.6 Å². The Morgan fingerprint density at radius 1 is 1.50 bits per heavy atom. The van der Waals surface area contributed by atoms with Crippen LogP contribution < -0.4 is 0 Å². The summed E-state index contributed by atoms with van der Waals surface area (Å²) in [6, 6.07) is 0. The predicted octanol–water partition coefficient (Wildman–Crippen LogP) is 2.55. The fourth-order valence-corrected chi connectivity index (χ4v) is 1.46. The third-order valence-electron chi connectivity index (χ3n) is 1.70. The lowest BCUT2D eigenvalue weighted by atomic mass is 10.2. The van der Waals surface area contributed by atoms with Crippen LogP contribution in [-0.4, -0.2) is 16.6 Å². The fraction of sp³-hybridized carbons (Fsp3) is 0.750. The van der Waals surface area contributed by atoms with Crippen LogP contribution in [0.4, 0.5) is 0 Å². The highest BCUT2D eigenvalue weighted by Crippen LogP contribution is 2.16. The smallest absolute Gasteiger partial charge is 0.0667 e. The Hall–Kier alpha value is 0.430. The molecule has 0 spiro atoms. The zero-order valence-corrected chi connectivity index (χ0v) is 8.37. The lowest BCUT2D eigenvalue weighted by Gasteiger charge is -2.19. The average Bonchev–Trinajstić information content (AvgIpc) is 1.92. The third-order valence-corrected chi connectivity index (χ3v) is 3.22. The van der Waals surface area contributed by atoms with E-state index in [2.05, 4.69) is 41.7 Å². The molecule has 0 N–H and O–H groups in total. The van der Waals surface area contributed by atoms with Crippen LogP contribution in [0.5, 0.6) is 0 Å². The molecule has 0 radical (unpaired) electrons. The van der Waals surface area contributed by atoms with Crippen molar-refractivity contribution in [1.82, 2.24) is 0 Å². The zero-order chi connectivity index (χ0) is 7.40. The first-order chi connectivity index (χ1) is 4.80. The van der Waals surface area contributed by atoms with Gasteiger partial charge in [-0.25, -0.2) is 0 Å². The van der Waals surface area contributed by atoms with Crippen molar-refractivity contribution in [2.24, 2.45) is 0 Å². The van der Waals surface area contributed by atoms with Gasteiger partial charge in [0.25, 0.3) is 0 Å². The molecule has 58 valence electrons. The molecule has 2 atom stereocenters. The molecule has 10 heavy (non-hydrogen) atoms. The van der Waals surface area contributed by atoms with Crippen LogP contribution in [0, 0.1) is 0 Å². The van der Waals surface area contributed by atoms with Gasteiger partial charge in [0.15, 0.2) is 0 Å². The normalized spacial score (nSPS) is 38.2. The molecular weight excluding hydrogens is 239 g/mol. The lowest BCUT2D eigenvalue weighted by molar-refractivity contribution is 0.0694. The molecule has 0 amide bonds. The van der Waals surface area contributed by atoms with E-state index in [1.807, 2.05) is 0 Å². The van der Waals surface area contributed by atoms with Gasteiger partial charge < -0.3 is 4.74 Å². The minimum Gasteiger partial charge on any atom is -0.377 e. The van der Waals surface area contributed by atoms with E-state index in [0.29, 0.717) is 10.0 Å². The molecule has 0 aliphatic carbocycles. The molecule has 2 heteroatoms. The summed E-state index contributed by atoms with van der Waals surface area (Å²) in [5.74, 6) is 0. The molecule has 0 aromatic heterocycles. The second-order valence-corrected chi connectivity index (χ2v) is 4.19. The van der Waals surface area contributed by atoms with Crippen LogP contribution in [0.2, 0.25) is 0 Å². The number of hydrogen-bond acceptors (Lipinski definition) is 1. The maximum atomic E-state index is 5.54. The van der Waals surface area contributed by atoms with E-state index in [1.54, 1.807) is 0 Å². The van der Waals surface area contributed by atoms with E-state index in [-0.39, 0.29) is 0 Å². The van der Waals surface area contributed by atoms with Crippen LogP contribution in [0.15, 0.2) is 12.2 Å². The first-order valence-corrected chi connectivity index (χ1v) is 4.96. The molecule has 0 bridgehead atoms. The van der Waals surface area contributed by atoms with E-state index in [1.165, 1.54) is 0 Å². The van der Waals surface area contributed by atoms with Crippen molar-refractivity contribution in [3.63, 3.8) is 0 Å². The van der Waals surface area contributed by atoms with Crippen LogP contribution in [-0.2, 0) is 4.74 Å². The molecule has 1 aliphatic heterocycles. The quantitative estimate of drug-likeness (QED) is 0.365. The molecular formula is C8H13IO. The van der Waals surface area contributed by atoms with E-state index in [0.717, 1.165) is 19.4 Å². The Labute approximate surface area is 76.0 Å². The molecule has 1 aliphatic rings. The van der Waals surface area contributed by atoms with Crippen molar-refractivity contribution >= 4 is 22.6 Å². The Kier molecular flexibility index (Phi) is 3.70. The highest BCUT2D eigenvalue weighted by molar-refractivity contribution is 14.1. The Bertz CT molecular complexity index is 122. The van der Waals surface area contributed by atoms with E-state index < -0.39 is 0 Å². The van der Waals surface area contributed by atoms with Crippen molar-refractivity contribution in [1.29, 1.82) is 0 Å². The van der Waals surface area contributed by atoms with Crippen molar-refractivity contribution in [3.8, 4) is 0 Å². The van der Waals surface area contributed by atoms with Gasteiger partial charge in [0.05, 0.1) is 12.7 Å². The topological polar surface area (TPSA) is 9.23 Å². The van der Waals surface area contributed by atoms with E-state index in [4.69, 9.17) is 4.74 Å². The number of allylic oxidation sites excluding steroid dienone is 1. The minimum atomic E-state index is 0.422. The molecule has 0 aromatic rings. The summed E-state index contributed by atoms with van der Waals surface area (Å²) in [6.07, 6.45) is 7.12. The van der Waals surface area contributed by atoms with Crippen LogP contribution in [0.3, 0.4) is 0 Å². The Balaban J connectivity index is 2.41. The van der Waals surface area contributed by atoms with Crippen molar-refractivity contribution < 1.29 is 4.74 Å². The van der Waals surface area contributed by atoms with Gasteiger partial charge >= 0.3 is 0 Å². The summed E-state index contributed by atoms with van der Waals surface area (Å²) in [6.45, 7) is 3.04. The molecule has 1 heterocycles. The summed E-state index contributed by atoms with van der Waals surface area (Å²) >= 11 is 2.45. The number of ether oxygens (including phenoxy) is 1. The number of rotatable bonds is 0. The van der Waals surface area contributed by atoms with Gasteiger partial charge in [-0.15, -0.1) is 0 Å². The largest absolute Gasteiger partial charge is 0.377 e. The highest BCUT2D eigenvalue weighted by Gasteiger charge is 2.13. The zero-order valence-electron chi connectivity index (χ0n) is 6.22. The first kappa shape index (κ1) is 8.53. The maximum absolute atomic E-state index is 5.54. The summed E-state index contributed by atoms with van der Waals surface area (Å²) in [5, 5.41) is 0. The van der Waals surface area contributed by atoms with Crippen LogP contribution in [0.1, 0.15) is 19.8 Å². The van der Waals surface area contributed by atoms with Gasteiger partial charge in [0.2, 0.25) is 0 Å². The predicted molar refractivity (Wildman–Crippen MR) is 51.6 cm³/mol. The molecule has 0 aromatic carbocycles. The number of hydrogen-bond donors (Lipinski definition) is 0. The maximum Gasteiger partial charge on any atom is 0.0667 e. The van der Waals surface area contributed by atoms with Crippen molar-refractivity contribution in [3.05, 3.63) is 12.2 Å². The van der Waals surface area contributed by atoms with Gasteiger partial charge in [0.1, 0.15) is 0 Å². The van der Waals surface area contributed by atoms with Gasteiger partial charge in [-0.1, -0.05) is 34.7 Å². The molecule has 0 unspecified atom stereocenters. The molecule has 0 saturated carbocycles. The Morgan fingerprint density at radius 3 is 3.10 bits per heavy atom. The highest BCUT2D eigenvalue weighted by atomic mass is 127. The van der Waals surface area contributed by atoms with Crippen LogP contribution in [0.25, 0.3) is 0 Å². The van der Waals surface area contributed by atoms with Crippen molar-refractivity contribution in [2.45, 2.75) is 29.8 Å². The first-order valence-electron chi connectivity index (χ1n) is 3.71. The van der Waals surface area contributed by atoms with E-state index >= 15 is 0 Å². The molecule has 0 fully saturated rings. The fourth-order valence-electron chi connectivity index (χ4n) is 0.962. The van der Waals surface area contributed by atoms with Gasteiger partial charge in [0, 0.05) is 3.92 Å². The molecule has 1 nitrogen and oxygen atoms in total. The van der Waals surface area contributed by atoms with Gasteiger partial charge in [-0.2, -0.15) is 0 Å². The second-order valence-electron chi connectivity index (χ2n) is 2.59.